The van der Waals surface area contributed by atoms with Crippen LogP contribution in [0.1, 0.15) is 100 Å². The lowest BCUT2D eigenvalue weighted by Gasteiger charge is -2.26. The third-order valence-corrected chi connectivity index (χ3v) is 10.7. The molecular formula is C47H52N4O. The standard InChI is InChI=1S/C47H52N4O/c1-29(2)44-32(6)31(5)33(7)45(30(3)4)46(44)35-27-49-50(28-35)36-14-13-15-37(25-36)52-38-18-19-40-39-16-11-12-17-41(39)51(42(40)26-38)43-24-34(21-23-48-43)20-22-47(8,9)10/h11-19,21,23-30H,20,22H2,1-10H3. The van der Waals surface area contributed by atoms with E-state index in [0.29, 0.717) is 11.8 Å². The number of hydrogen-bond donors (Lipinski definition) is 0. The van der Waals surface area contributed by atoms with Gasteiger partial charge in [0.25, 0.3) is 0 Å². The fourth-order valence-corrected chi connectivity index (χ4v) is 7.90. The average Bonchev–Trinajstić information content (AvgIpc) is 3.72. The Hall–Kier alpha value is -5.16. The van der Waals surface area contributed by atoms with Crippen molar-refractivity contribution in [2.24, 2.45) is 5.41 Å². The SMILES string of the molecule is Cc1c(C)c(C(C)C)c(-c2cnn(-c3cccc(Oc4ccc5c6ccccc6n(-c6cc(CCC(C)(C)C)ccn6)c5c4)c3)c2)c(C(C)C)c1C. The Morgan fingerprint density at radius 1 is 0.712 bits per heavy atom. The molecule has 0 fully saturated rings. The molecule has 0 amide bonds. The molecule has 0 saturated carbocycles. The van der Waals surface area contributed by atoms with Gasteiger partial charge in [0.15, 0.2) is 0 Å². The zero-order chi connectivity index (χ0) is 36.9. The van der Waals surface area contributed by atoms with Gasteiger partial charge in [0, 0.05) is 40.9 Å². The minimum Gasteiger partial charge on any atom is -0.457 e. The lowest BCUT2D eigenvalue weighted by molar-refractivity contribution is 0.378. The molecule has 4 aromatic carbocycles. The predicted octanol–water partition coefficient (Wildman–Crippen LogP) is 13.0. The molecule has 0 N–H and O–H groups in total. The molecule has 0 radical (unpaired) electrons. The average molecular weight is 689 g/mol. The molecule has 7 rings (SSSR count). The second-order valence-corrected chi connectivity index (χ2v) is 16.3. The van der Waals surface area contributed by atoms with Crippen LogP contribution in [0, 0.1) is 26.2 Å². The normalized spacial score (nSPS) is 12.2. The fourth-order valence-electron chi connectivity index (χ4n) is 7.90. The summed E-state index contributed by atoms with van der Waals surface area (Å²) in [7, 11) is 0. The number of pyridine rings is 1. The minimum absolute atomic E-state index is 0.271. The number of aromatic nitrogens is 4. The lowest BCUT2D eigenvalue weighted by Crippen LogP contribution is -2.08. The van der Waals surface area contributed by atoms with E-state index in [1.807, 2.05) is 29.2 Å². The van der Waals surface area contributed by atoms with Gasteiger partial charge in [-0.1, -0.05) is 72.7 Å². The molecule has 7 aromatic rings. The van der Waals surface area contributed by atoms with Crippen LogP contribution in [0.2, 0.25) is 0 Å². The molecule has 5 heteroatoms. The zero-order valence-corrected chi connectivity index (χ0v) is 32.5. The quantitative estimate of drug-likeness (QED) is 0.152. The van der Waals surface area contributed by atoms with Crippen LogP contribution < -0.4 is 4.74 Å². The van der Waals surface area contributed by atoms with Crippen LogP contribution >= 0.6 is 0 Å². The maximum absolute atomic E-state index is 6.60. The summed E-state index contributed by atoms with van der Waals surface area (Å²) in [6.45, 7) is 22.9. The Balaban J connectivity index is 1.24. The van der Waals surface area contributed by atoms with Crippen molar-refractivity contribution >= 4 is 21.8 Å². The number of hydrogen-bond acceptors (Lipinski definition) is 3. The Morgan fingerprint density at radius 2 is 1.40 bits per heavy atom. The molecule has 0 aliphatic heterocycles. The molecule has 0 spiro atoms. The van der Waals surface area contributed by atoms with Gasteiger partial charge in [-0.3, -0.25) is 4.57 Å². The number of ether oxygens (including phenoxy) is 1. The van der Waals surface area contributed by atoms with Crippen molar-refractivity contribution in [2.45, 2.75) is 93.9 Å². The summed E-state index contributed by atoms with van der Waals surface area (Å²) in [5, 5.41) is 7.26. The van der Waals surface area contributed by atoms with E-state index in [1.165, 1.54) is 49.7 Å². The summed E-state index contributed by atoms with van der Waals surface area (Å²) in [5.41, 5.74) is 14.2. The van der Waals surface area contributed by atoms with Gasteiger partial charge in [-0.15, -0.1) is 0 Å². The highest BCUT2D eigenvalue weighted by molar-refractivity contribution is 6.09. The Kier molecular flexibility index (Phi) is 9.33. The molecular weight excluding hydrogens is 637 g/mol. The topological polar surface area (TPSA) is 44.9 Å². The van der Waals surface area contributed by atoms with Gasteiger partial charge in [-0.25, -0.2) is 9.67 Å². The summed E-state index contributed by atoms with van der Waals surface area (Å²) >= 11 is 0. The molecule has 0 atom stereocenters. The van der Waals surface area contributed by atoms with Crippen LogP contribution in [0.4, 0.5) is 0 Å². The van der Waals surface area contributed by atoms with E-state index in [9.17, 15) is 0 Å². The summed E-state index contributed by atoms with van der Waals surface area (Å²) in [6.07, 6.45) is 8.26. The van der Waals surface area contributed by atoms with E-state index in [0.717, 1.165) is 52.4 Å². The molecule has 0 bridgehead atoms. The molecule has 0 aliphatic rings. The van der Waals surface area contributed by atoms with E-state index in [2.05, 4.69) is 147 Å². The molecule has 5 nitrogen and oxygen atoms in total. The van der Waals surface area contributed by atoms with Crippen LogP contribution in [0.15, 0.2) is 97.5 Å². The highest BCUT2D eigenvalue weighted by Gasteiger charge is 2.24. The Morgan fingerprint density at radius 3 is 2.12 bits per heavy atom. The summed E-state index contributed by atoms with van der Waals surface area (Å²) in [5.74, 6) is 3.25. The smallest absolute Gasteiger partial charge is 0.137 e. The maximum atomic E-state index is 6.60. The second kappa shape index (κ2) is 13.8. The van der Waals surface area contributed by atoms with Crippen LogP contribution in [0.3, 0.4) is 0 Å². The van der Waals surface area contributed by atoms with Crippen molar-refractivity contribution in [3.05, 3.63) is 131 Å². The highest BCUT2D eigenvalue weighted by Crippen LogP contribution is 2.42. The summed E-state index contributed by atoms with van der Waals surface area (Å²) in [4.78, 5) is 4.87. The monoisotopic (exact) mass is 688 g/mol. The second-order valence-electron chi connectivity index (χ2n) is 16.3. The van der Waals surface area contributed by atoms with E-state index >= 15 is 0 Å². The predicted molar refractivity (Wildman–Crippen MR) is 218 cm³/mol. The number of nitrogens with zero attached hydrogens (tertiary/aromatic N) is 4. The van der Waals surface area contributed by atoms with Crippen LogP contribution in [0.5, 0.6) is 11.5 Å². The van der Waals surface area contributed by atoms with Crippen LogP contribution in [-0.2, 0) is 6.42 Å². The largest absolute Gasteiger partial charge is 0.457 e. The molecule has 52 heavy (non-hydrogen) atoms. The van der Waals surface area contributed by atoms with Crippen LogP contribution in [-0.4, -0.2) is 19.3 Å². The van der Waals surface area contributed by atoms with Crippen molar-refractivity contribution in [1.82, 2.24) is 19.3 Å². The number of aryl methyl sites for hydroxylation is 1. The first-order valence-corrected chi connectivity index (χ1v) is 18.8. The van der Waals surface area contributed by atoms with Gasteiger partial charge in [-0.05, 0) is 132 Å². The highest BCUT2D eigenvalue weighted by atomic mass is 16.5. The Bertz CT molecular complexity index is 2380. The van der Waals surface area contributed by atoms with E-state index in [4.69, 9.17) is 14.8 Å². The third kappa shape index (κ3) is 6.65. The number of fused-ring (bicyclic) bond motifs is 3. The van der Waals surface area contributed by atoms with Gasteiger partial charge in [0.1, 0.15) is 17.3 Å². The van der Waals surface area contributed by atoms with Crippen molar-refractivity contribution < 1.29 is 4.74 Å². The van der Waals surface area contributed by atoms with Gasteiger partial charge < -0.3 is 4.74 Å². The van der Waals surface area contributed by atoms with Crippen molar-refractivity contribution in [3.8, 4) is 34.1 Å². The minimum atomic E-state index is 0.271. The van der Waals surface area contributed by atoms with Gasteiger partial charge in [-0.2, -0.15) is 5.10 Å². The summed E-state index contributed by atoms with van der Waals surface area (Å²) < 4.78 is 10.8. The fraction of sp³-hybridized carbons (Fsp3) is 0.319. The first-order chi connectivity index (χ1) is 24.8. The molecule has 0 saturated heterocycles. The van der Waals surface area contributed by atoms with E-state index in [1.54, 1.807) is 0 Å². The van der Waals surface area contributed by atoms with Gasteiger partial charge in [0.2, 0.25) is 0 Å². The van der Waals surface area contributed by atoms with Crippen LogP contribution in [0.25, 0.3) is 44.4 Å². The van der Waals surface area contributed by atoms with Gasteiger partial charge >= 0.3 is 0 Å². The molecule has 266 valence electrons. The number of benzene rings is 4. The number of para-hydroxylation sites is 1. The Labute approximate surface area is 309 Å². The van der Waals surface area contributed by atoms with E-state index in [-0.39, 0.29) is 5.41 Å². The van der Waals surface area contributed by atoms with Gasteiger partial charge in [0.05, 0.1) is 22.9 Å². The van der Waals surface area contributed by atoms with Crippen molar-refractivity contribution in [1.29, 1.82) is 0 Å². The van der Waals surface area contributed by atoms with Crippen molar-refractivity contribution in [2.75, 3.05) is 0 Å². The molecule has 0 aliphatic carbocycles. The molecule has 3 heterocycles. The third-order valence-electron chi connectivity index (χ3n) is 10.7. The zero-order valence-electron chi connectivity index (χ0n) is 32.5. The van der Waals surface area contributed by atoms with E-state index < -0.39 is 0 Å². The first kappa shape index (κ1) is 35.3. The summed E-state index contributed by atoms with van der Waals surface area (Å²) in [6, 6.07) is 27.5. The van der Waals surface area contributed by atoms with Crippen molar-refractivity contribution in [3.63, 3.8) is 0 Å². The maximum Gasteiger partial charge on any atom is 0.137 e. The molecule has 3 aromatic heterocycles. The number of rotatable bonds is 9. The lowest BCUT2D eigenvalue weighted by atomic mass is 9.78. The molecule has 0 unspecified atom stereocenters. The first-order valence-electron chi connectivity index (χ1n) is 18.8.